The van der Waals surface area contributed by atoms with Crippen molar-refractivity contribution in [2.24, 2.45) is 11.1 Å². The van der Waals surface area contributed by atoms with Crippen molar-refractivity contribution in [3.63, 3.8) is 0 Å². The molecule has 1 unspecified atom stereocenters. The topological polar surface area (TPSA) is 87.2 Å². The molecule has 2 amide bonds. The highest BCUT2D eigenvalue weighted by molar-refractivity contribution is 5.95. The number of hydrogen-bond acceptors (Lipinski definition) is 3. The number of benzene rings is 1. The van der Waals surface area contributed by atoms with Crippen LogP contribution in [-0.2, 0) is 4.79 Å². The molecule has 0 saturated carbocycles. The smallest absolute Gasteiger partial charge is 0.253 e. The van der Waals surface area contributed by atoms with Crippen molar-refractivity contribution in [3.05, 3.63) is 35.4 Å². The van der Waals surface area contributed by atoms with E-state index >= 15 is 0 Å². The highest BCUT2D eigenvalue weighted by Crippen LogP contribution is 2.30. The predicted octanol–water partition coefficient (Wildman–Crippen LogP) is 0.896. The van der Waals surface area contributed by atoms with Gasteiger partial charge in [0.1, 0.15) is 0 Å². The Morgan fingerprint density at radius 2 is 2.00 bits per heavy atom. The van der Waals surface area contributed by atoms with Gasteiger partial charge in [0.2, 0.25) is 5.91 Å². The van der Waals surface area contributed by atoms with Crippen molar-refractivity contribution in [1.29, 1.82) is 5.26 Å². The summed E-state index contributed by atoms with van der Waals surface area (Å²) >= 11 is 0. The largest absolute Gasteiger partial charge is 0.369 e. The summed E-state index contributed by atoms with van der Waals surface area (Å²) < 4.78 is 0. The van der Waals surface area contributed by atoms with Crippen molar-refractivity contribution in [2.75, 3.05) is 13.1 Å². The zero-order valence-electron chi connectivity index (χ0n) is 10.7. The van der Waals surface area contributed by atoms with E-state index < -0.39 is 5.41 Å². The minimum atomic E-state index is -0.637. The third-order valence-electron chi connectivity index (χ3n) is 3.62. The van der Waals surface area contributed by atoms with E-state index in [4.69, 9.17) is 11.0 Å². The van der Waals surface area contributed by atoms with Crippen molar-refractivity contribution in [3.8, 4) is 6.07 Å². The van der Waals surface area contributed by atoms with E-state index in [9.17, 15) is 9.59 Å². The van der Waals surface area contributed by atoms with E-state index in [1.54, 1.807) is 36.1 Å². The molecule has 0 bridgehead atoms. The molecule has 0 radical (unpaired) electrons. The maximum absolute atomic E-state index is 12.2. The van der Waals surface area contributed by atoms with Crippen molar-refractivity contribution < 1.29 is 9.59 Å². The van der Waals surface area contributed by atoms with Gasteiger partial charge in [0.25, 0.3) is 5.91 Å². The molecule has 2 N–H and O–H groups in total. The first-order valence-electron chi connectivity index (χ1n) is 6.06. The maximum atomic E-state index is 12.2. The SMILES string of the molecule is CC1(C(N)=O)CCN(C(=O)c2ccc(C#N)cc2)C1. The molecule has 5 nitrogen and oxygen atoms in total. The molecule has 98 valence electrons. The fraction of sp³-hybridized carbons (Fsp3) is 0.357. The van der Waals surface area contributed by atoms with Crippen LogP contribution in [0.15, 0.2) is 24.3 Å². The number of nitrogens with zero attached hydrogens (tertiary/aromatic N) is 2. The normalized spacial score (nSPS) is 22.0. The Balaban J connectivity index is 2.13. The highest BCUT2D eigenvalue weighted by Gasteiger charge is 2.40. The molecule has 19 heavy (non-hydrogen) atoms. The van der Waals surface area contributed by atoms with Crippen LogP contribution in [0.25, 0.3) is 0 Å². The summed E-state index contributed by atoms with van der Waals surface area (Å²) in [6, 6.07) is 8.47. The van der Waals surface area contributed by atoms with Gasteiger partial charge in [0.05, 0.1) is 17.0 Å². The van der Waals surface area contributed by atoms with Gasteiger partial charge in [-0.3, -0.25) is 9.59 Å². The Labute approximate surface area is 111 Å². The zero-order chi connectivity index (χ0) is 14.0. The molecular formula is C14H15N3O2. The maximum Gasteiger partial charge on any atom is 0.253 e. The van der Waals surface area contributed by atoms with Gasteiger partial charge < -0.3 is 10.6 Å². The number of rotatable bonds is 2. The Morgan fingerprint density at radius 1 is 1.37 bits per heavy atom. The minimum absolute atomic E-state index is 0.130. The number of likely N-dealkylation sites (tertiary alicyclic amines) is 1. The van der Waals surface area contributed by atoms with Crippen molar-refractivity contribution in [1.82, 2.24) is 4.90 Å². The summed E-state index contributed by atoms with van der Waals surface area (Å²) in [6.07, 6.45) is 0.588. The van der Waals surface area contributed by atoms with Crippen molar-refractivity contribution in [2.45, 2.75) is 13.3 Å². The third kappa shape index (κ3) is 2.43. The summed E-state index contributed by atoms with van der Waals surface area (Å²) in [6.45, 7) is 2.65. The summed E-state index contributed by atoms with van der Waals surface area (Å²) in [5.74, 6) is -0.503. The first-order chi connectivity index (χ1) is 8.96. The molecule has 2 rings (SSSR count). The molecule has 0 spiro atoms. The molecule has 1 aromatic rings. The number of carbonyl (C=O) groups excluding carboxylic acids is 2. The van der Waals surface area contributed by atoms with Gasteiger partial charge in [-0.2, -0.15) is 5.26 Å². The Hall–Kier alpha value is -2.35. The summed E-state index contributed by atoms with van der Waals surface area (Å²) in [5.41, 5.74) is 5.76. The van der Waals surface area contributed by atoms with Crippen LogP contribution in [0.4, 0.5) is 0 Å². The van der Waals surface area contributed by atoms with Crippen LogP contribution in [0, 0.1) is 16.7 Å². The molecule has 1 atom stereocenters. The second-order valence-electron chi connectivity index (χ2n) is 5.09. The molecule has 1 fully saturated rings. The van der Waals surface area contributed by atoms with Crippen molar-refractivity contribution >= 4 is 11.8 Å². The van der Waals surface area contributed by atoms with Gasteiger partial charge in [0.15, 0.2) is 0 Å². The van der Waals surface area contributed by atoms with Gasteiger partial charge in [-0.1, -0.05) is 0 Å². The molecule has 0 aromatic heterocycles. The Morgan fingerprint density at radius 3 is 2.47 bits per heavy atom. The van der Waals surface area contributed by atoms with Crippen LogP contribution in [0.1, 0.15) is 29.3 Å². The summed E-state index contributed by atoms with van der Waals surface area (Å²) in [5, 5.41) is 8.71. The average molecular weight is 257 g/mol. The Kier molecular flexibility index (Phi) is 3.26. The number of nitrogens with two attached hydrogens (primary N) is 1. The monoisotopic (exact) mass is 257 g/mol. The molecule has 1 heterocycles. The first-order valence-corrected chi connectivity index (χ1v) is 6.06. The van der Waals surface area contributed by atoms with E-state index in [2.05, 4.69) is 0 Å². The molecule has 1 aliphatic rings. The lowest BCUT2D eigenvalue weighted by Gasteiger charge is -2.21. The lowest BCUT2D eigenvalue weighted by atomic mass is 9.89. The second kappa shape index (κ2) is 4.73. The van der Waals surface area contributed by atoms with Gasteiger partial charge in [-0.25, -0.2) is 0 Å². The third-order valence-corrected chi connectivity index (χ3v) is 3.62. The highest BCUT2D eigenvalue weighted by atomic mass is 16.2. The van der Waals surface area contributed by atoms with Crippen LogP contribution >= 0.6 is 0 Å². The molecule has 0 aliphatic carbocycles. The van der Waals surface area contributed by atoms with Crippen LogP contribution in [-0.4, -0.2) is 29.8 Å². The quantitative estimate of drug-likeness (QED) is 0.853. The number of nitriles is 1. The Bertz CT molecular complexity index is 559. The zero-order valence-corrected chi connectivity index (χ0v) is 10.7. The fourth-order valence-corrected chi connectivity index (χ4v) is 2.21. The molecule has 5 heteroatoms. The lowest BCUT2D eigenvalue weighted by molar-refractivity contribution is -0.126. The molecule has 1 saturated heterocycles. The van der Waals surface area contributed by atoms with E-state index in [0.717, 1.165) is 0 Å². The number of amides is 2. The molecule has 1 aromatic carbocycles. The number of hydrogen-bond donors (Lipinski definition) is 1. The molecule has 1 aliphatic heterocycles. The van der Waals surface area contributed by atoms with Crippen LogP contribution in [0.5, 0.6) is 0 Å². The van der Waals surface area contributed by atoms with Gasteiger partial charge in [0, 0.05) is 18.7 Å². The van der Waals surface area contributed by atoms with Crippen LogP contribution < -0.4 is 5.73 Å². The standard InChI is InChI=1S/C14H15N3O2/c1-14(13(16)19)6-7-17(9-14)12(18)11-4-2-10(8-15)3-5-11/h2-5H,6-7,9H2,1H3,(H2,16,19). The average Bonchev–Trinajstić information content (AvgIpc) is 2.82. The van der Waals surface area contributed by atoms with Gasteiger partial charge in [-0.15, -0.1) is 0 Å². The number of carbonyl (C=O) groups is 2. The first kappa shape index (κ1) is 13.1. The van der Waals surface area contributed by atoms with E-state index in [0.29, 0.717) is 30.6 Å². The van der Waals surface area contributed by atoms with Gasteiger partial charge in [-0.05, 0) is 37.6 Å². The second-order valence-corrected chi connectivity index (χ2v) is 5.09. The van der Waals surface area contributed by atoms with Crippen LogP contribution in [0.3, 0.4) is 0 Å². The lowest BCUT2D eigenvalue weighted by Crippen LogP contribution is -2.38. The summed E-state index contributed by atoms with van der Waals surface area (Å²) in [4.78, 5) is 25.2. The van der Waals surface area contributed by atoms with Gasteiger partial charge >= 0.3 is 0 Å². The predicted molar refractivity (Wildman–Crippen MR) is 69.0 cm³/mol. The fourth-order valence-electron chi connectivity index (χ4n) is 2.21. The minimum Gasteiger partial charge on any atom is -0.369 e. The van der Waals surface area contributed by atoms with Crippen LogP contribution in [0.2, 0.25) is 0 Å². The van der Waals surface area contributed by atoms with E-state index in [1.165, 1.54) is 0 Å². The summed E-state index contributed by atoms with van der Waals surface area (Å²) in [7, 11) is 0. The molecular weight excluding hydrogens is 242 g/mol. The number of primary amides is 1. The van der Waals surface area contributed by atoms with E-state index in [1.807, 2.05) is 6.07 Å². The van der Waals surface area contributed by atoms with E-state index in [-0.39, 0.29) is 11.8 Å².